The van der Waals surface area contributed by atoms with E-state index in [9.17, 15) is 13.2 Å². The van der Waals surface area contributed by atoms with Crippen LogP contribution in [-0.4, -0.2) is 33.5 Å². The van der Waals surface area contributed by atoms with Crippen LogP contribution in [0.1, 0.15) is 17.5 Å². The van der Waals surface area contributed by atoms with Gasteiger partial charge in [-0.3, -0.25) is 0 Å². The minimum atomic E-state index is -4.43. The van der Waals surface area contributed by atoms with E-state index in [4.69, 9.17) is 19.9 Å². The molecule has 0 aromatic heterocycles. The number of alkyl halides is 3. The molecule has 0 fully saturated rings. The number of halogens is 3. The molecule has 4 nitrogen and oxygen atoms in total. The summed E-state index contributed by atoms with van der Waals surface area (Å²) in [4.78, 5) is 0. The maximum Gasteiger partial charge on any atom is 0.416 e. The molecule has 0 bridgehead atoms. The zero-order valence-electron chi connectivity index (χ0n) is 11.9. The molecule has 2 N–H and O–H groups in total. The summed E-state index contributed by atoms with van der Waals surface area (Å²) in [6.07, 6.45) is -3.82. The van der Waals surface area contributed by atoms with Crippen molar-refractivity contribution in [1.29, 1.82) is 0 Å². The fourth-order valence-electron chi connectivity index (χ4n) is 1.67. The predicted molar refractivity (Wildman–Crippen MR) is 72.8 cm³/mol. The Morgan fingerprint density at radius 2 is 1.76 bits per heavy atom. The van der Waals surface area contributed by atoms with Crippen LogP contribution in [-0.2, 0) is 27.0 Å². The van der Waals surface area contributed by atoms with Crippen molar-refractivity contribution >= 4 is 5.69 Å². The Morgan fingerprint density at radius 1 is 1.05 bits per heavy atom. The van der Waals surface area contributed by atoms with Crippen LogP contribution in [0.5, 0.6) is 0 Å². The lowest BCUT2D eigenvalue weighted by Crippen LogP contribution is -2.11. The third-order valence-electron chi connectivity index (χ3n) is 2.71. The van der Waals surface area contributed by atoms with E-state index in [1.807, 2.05) is 0 Å². The molecule has 1 rings (SSSR count). The average Bonchev–Trinajstić information content (AvgIpc) is 2.42. The fourth-order valence-corrected chi connectivity index (χ4v) is 1.67. The lowest BCUT2D eigenvalue weighted by Gasteiger charge is -2.14. The number of benzene rings is 1. The highest BCUT2D eigenvalue weighted by atomic mass is 19.4. The highest BCUT2D eigenvalue weighted by Crippen LogP contribution is 2.33. The van der Waals surface area contributed by atoms with Crippen molar-refractivity contribution in [3.8, 4) is 0 Å². The number of rotatable bonds is 9. The number of anilines is 1. The van der Waals surface area contributed by atoms with Crippen LogP contribution in [0.25, 0.3) is 0 Å². The summed E-state index contributed by atoms with van der Waals surface area (Å²) in [5.41, 5.74) is 4.80. The maximum atomic E-state index is 12.8. The zero-order valence-corrected chi connectivity index (χ0v) is 11.9. The van der Waals surface area contributed by atoms with Crippen molar-refractivity contribution in [2.24, 2.45) is 0 Å². The molecule has 0 aliphatic carbocycles. The maximum absolute atomic E-state index is 12.8. The summed E-state index contributed by atoms with van der Waals surface area (Å²) < 4.78 is 53.8. The van der Waals surface area contributed by atoms with Crippen molar-refractivity contribution < 1.29 is 27.4 Å². The standard InChI is InChI=1S/C14H20F3NO3/c1-19-7-8-20-5-2-6-21-10-11-3-4-12(18)9-13(11)14(15,16)17/h3-4,9H,2,5-8,10,18H2,1H3. The van der Waals surface area contributed by atoms with E-state index in [0.29, 0.717) is 32.8 Å². The molecular formula is C14H20F3NO3. The van der Waals surface area contributed by atoms with Crippen LogP contribution in [0.2, 0.25) is 0 Å². The quantitative estimate of drug-likeness (QED) is 0.563. The van der Waals surface area contributed by atoms with Gasteiger partial charge in [0.2, 0.25) is 0 Å². The molecule has 0 heterocycles. The topological polar surface area (TPSA) is 53.7 Å². The molecule has 0 aliphatic heterocycles. The largest absolute Gasteiger partial charge is 0.416 e. The van der Waals surface area contributed by atoms with Crippen molar-refractivity contribution in [3.63, 3.8) is 0 Å². The van der Waals surface area contributed by atoms with E-state index in [1.165, 1.54) is 12.1 Å². The van der Waals surface area contributed by atoms with Gasteiger partial charge in [0, 0.05) is 26.0 Å². The van der Waals surface area contributed by atoms with Crippen molar-refractivity contribution in [2.45, 2.75) is 19.2 Å². The van der Waals surface area contributed by atoms with Gasteiger partial charge in [0.15, 0.2) is 0 Å². The van der Waals surface area contributed by atoms with E-state index in [2.05, 4.69) is 0 Å². The number of nitrogen functional groups attached to an aromatic ring is 1. The summed E-state index contributed by atoms with van der Waals surface area (Å²) in [5.74, 6) is 0. The molecular weight excluding hydrogens is 287 g/mol. The van der Waals surface area contributed by atoms with E-state index >= 15 is 0 Å². The minimum absolute atomic E-state index is 0.0806. The van der Waals surface area contributed by atoms with E-state index in [-0.39, 0.29) is 17.9 Å². The van der Waals surface area contributed by atoms with Crippen LogP contribution < -0.4 is 5.73 Å². The first kappa shape index (κ1) is 17.7. The second-order valence-electron chi connectivity index (χ2n) is 4.43. The SMILES string of the molecule is COCCOCCCOCc1ccc(N)cc1C(F)(F)F. The molecule has 0 aliphatic rings. The first-order valence-corrected chi connectivity index (χ1v) is 6.55. The third kappa shape index (κ3) is 6.79. The molecule has 0 atom stereocenters. The summed E-state index contributed by atoms with van der Waals surface area (Å²) in [5, 5.41) is 0. The molecule has 21 heavy (non-hydrogen) atoms. The number of ether oxygens (including phenoxy) is 3. The van der Waals surface area contributed by atoms with E-state index in [0.717, 1.165) is 6.07 Å². The Kier molecular flexibility index (Phi) is 7.49. The Hall–Kier alpha value is -1.31. The molecule has 1 aromatic carbocycles. The summed E-state index contributed by atoms with van der Waals surface area (Å²) in [7, 11) is 1.58. The smallest absolute Gasteiger partial charge is 0.399 e. The molecule has 0 amide bonds. The highest BCUT2D eigenvalue weighted by Gasteiger charge is 2.33. The molecule has 120 valence electrons. The van der Waals surface area contributed by atoms with Crippen molar-refractivity contribution in [2.75, 3.05) is 39.3 Å². The summed E-state index contributed by atoms with van der Waals surface area (Å²) in [6.45, 7) is 1.72. The fraction of sp³-hybridized carbons (Fsp3) is 0.571. The first-order valence-electron chi connectivity index (χ1n) is 6.55. The first-order chi connectivity index (χ1) is 9.95. The zero-order chi connectivity index (χ0) is 15.7. The van der Waals surface area contributed by atoms with Crippen molar-refractivity contribution in [1.82, 2.24) is 0 Å². The number of hydrogen-bond acceptors (Lipinski definition) is 4. The molecule has 1 aromatic rings. The molecule has 0 saturated heterocycles. The van der Waals surface area contributed by atoms with Gasteiger partial charge in [0.1, 0.15) is 0 Å². The molecule has 0 saturated carbocycles. The van der Waals surface area contributed by atoms with Gasteiger partial charge < -0.3 is 19.9 Å². The van der Waals surface area contributed by atoms with Crippen LogP contribution in [0, 0.1) is 0 Å². The van der Waals surface area contributed by atoms with Crippen LogP contribution >= 0.6 is 0 Å². The lowest BCUT2D eigenvalue weighted by atomic mass is 10.1. The molecule has 7 heteroatoms. The highest BCUT2D eigenvalue weighted by molar-refractivity contribution is 5.45. The number of hydrogen-bond donors (Lipinski definition) is 1. The van der Waals surface area contributed by atoms with Gasteiger partial charge in [-0.15, -0.1) is 0 Å². The van der Waals surface area contributed by atoms with Gasteiger partial charge in [0.05, 0.1) is 25.4 Å². The molecule has 0 unspecified atom stereocenters. The van der Waals surface area contributed by atoms with E-state index in [1.54, 1.807) is 7.11 Å². The van der Waals surface area contributed by atoms with Gasteiger partial charge in [-0.2, -0.15) is 13.2 Å². The Balaban J connectivity index is 2.35. The Morgan fingerprint density at radius 3 is 2.43 bits per heavy atom. The third-order valence-corrected chi connectivity index (χ3v) is 2.71. The van der Waals surface area contributed by atoms with Crippen molar-refractivity contribution in [3.05, 3.63) is 29.3 Å². The number of nitrogens with two attached hydrogens (primary N) is 1. The lowest BCUT2D eigenvalue weighted by molar-refractivity contribution is -0.138. The normalized spacial score (nSPS) is 11.8. The second kappa shape index (κ2) is 8.86. The molecule has 0 radical (unpaired) electrons. The van der Waals surface area contributed by atoms with Gasteiger partial charge >= 0.3 is 6.18 Å². The molecule has 0 spiro atoms. The summed E-state index contributed by atoms with van der Waals surface area (Å²) >= 11 is 0. The summed E-state index contributed by atoms with van der Waals surface area (Å²) in [6, 6.07) is 3.70. The van der Waals surface area contributed by atoms with Gasteiger partial charge in [-0.1, -0.05) is 6.07 Å². The van der Waals surface area contributed by atoms with Gasteiger partial charge in [-0.05, 0) is 24.1 Å². The predicted octanol–water partition coefficient (Wildman–Crippen LogP) is 2.86. The monoisotopic (exact) mass is 307 g/mol. The second-order valence-corrected chi connectivity index (χ2v) is 4.43. The van der Waals surface area contributed by atoms with Crippen LogP contribution in [0.3, 0.4) is 0 Å². The van der Waals surface area contributed by atoms with E-state index < -0.39 is 11.7 Å². The average molecular weight is 307 g/mol. The van der Waals surface area contributed by atoms with Crippen LogP contribution in [0.4, 0.5) is 18.9 Å². The van der Waals surface area contributed by atoms with Gasteiger partial charge in [0.25, 0.3) is 0 Å². The Bertz CT molecular complexity index is 424. The number of methoxy groups -OCH3 is 1. The van der Waals surface area contributed by atoms with Crippen LogP contribution in [0.15, 0.2) is 18.2 Å². The minimum Gasteiger partial charge on any atom is -0.399 e. The van der Waals surface area contributed by atoms with Gasteiger partial charge in [-0.25, -0.2) is 0 Å². The Labute approximate surface area is 122 Å².